The zero-order chi connectivity index (χ0) is 27.0. The van der Waals surface area contributed by atoms with Crippen molar-refractivity contribution < 1.29 is 35.9 Å². The normalized spacial score (nSPS) is 35.1. The molecule has 0 spiro atoms. The van der Waals surface area contributed by atoms with Crippen LogP contribution in [0.1, 0.15) is 57.1 Å². The number of anilines is 1. The molecule has 0 radical (unpaired) electrons. The lowest BCUT2D eigenvalue weighted by atomic mass is 9.50. The number of fused-ring (bicyclic) bond motifs is 5. The van der Waals surface area contributed by atoms with E-state index in [1.165, 1.54) is 0 Å². The Balaban J connectivity index is 1.41. The highest BCUT2D eigenvalue weighted by molar-refractivity contribution is 5.94. The second-order valence-corrected chi connectivity index (χ2v) is 11.3. The van der Waals surface area contributed by atoms with Crippen molar-refractivity contribution in [3.63, 3.8) is 0 Å². The van der Waals surface area contributed by atoms with Gasteiger partial charge in [0.15, 0.2) is 0 Å². The molecule has 6 unspecified atom stereocenters. The molecule has 1 aliphatic heterocycles. The summed E-state index contributed by atoms with van der Waals surface area (Å²) in [5.41, 5.74) is -3.36. The van der Waals surface area contributed by atoms with E-state index < -0.39 is 46.4 Å². The van der Waals surface area contributed by atoms with Gasteiger partial charge in [0.1, 0.15) is 0 Å². The van der Waals surface area contributed by atoms with Crippen LogP contribution in [-0.4, -0.2) is 11.8 Å². The van der Waals surface area contributed by atoms with Crippen LogP contribution in [-0.2, 0) is 21.9 Å². The Morgan fingerprint density at radius 1 is 1.03 bits per heavy atom. The Kier molecular flexibility index (Phi) is 5.84. The van der Waals surface area contributed by atoms with Gasteiger partial charge in [0.25, 0.3) is 0 Å². The molecular formula is C27H28F6N2O2. The molecule has 37 heavy (non-hydrogen) atoms. The van der Waals surface area contributed by atoms with Crippen LogP contribution < -0.4 is 10.6 Å². The third-order valence-corrected chi connectivity index (χ3v) is 9.45. The lowest BCUT2D eigenvalue weighted by Gasteiger charge is -2.55. The number of alkyl halides is 6. The Morgan fingerprint density at radius 2 is 1.76 bits per heavy atom. The fraction of sp³-hybridized carbons (Fsp3) is 0.556. The first-order valence-electron chi connectivity index (χ1n) is 12.4. The second kappa shape index (κ2) is 8.36. The molecule has 4 aliphatic rings. The van der Waals surface area contributed by atoms with Crippen molar-refractivity contribution in [1.82, 2.24) is 5.32 Å². The fourth-order valence-electron chi connectivity index (χ4n) is 7.58. The van der Waals surface area contributed by atoms with Crippen molar-refractivity contribution in [1.29, 1.82) is 0 Å². The zero-order valence-corrected chi connectivity index (χ0v) is 20.4. The molecule has 200 valence electrons. The standard InChI is InChI=1S/C27H28F6N2O2/c1-24-11-9-17-15(4-8-21-25(17,2)12-10-22(36)35-21)16(24)6-7-19(24)23(37)34-20-13-14(26(28,29)30)3-5-18(20)27(31,32)33/h3,5,8,10,12-13,15-17,19H,4,6-7,9,11H2,1-2H3,(H,34,37)(H,35,36). The largest absolute Gasteiger partial charge is 0.418 e. The predicted molar refractivity (Wildman–Crippen MR) is 124 cm³/mol. The van der Waals surface area contributed by atoms with Crippen LogP contribution in [0.15, 0.2) is 42.1 Å². The van der Waals surface area contributed by atoms with Gasteiger partial charge in [-0.05, 0) is 73.5 Å². The molecule has 1 heterocycles. The molecule has 0 saturated heterocycles. The maximum atomic E-state index is 13.6. The number of halogens is 6. The van der Waals surface area contributed by atoms with E-state index in [0.717, 1.165) is 18.5 Å². The Bertz CT molecular complexity index is 1200. The number of amides is 2. The first-order chi connectivity index (χ1) is 17.1. The number of carbonyl (C=O) groups is 2. The first-order valence-corrected chi connectivity index (χ1v) is 12.4. The molecule has 2 saturated carbocycles. The van der Waals surface area contributed by atoms with E-state index in [0.29, 0.717) is 37.5 Å². The molecule has 2 amide bonds. The van der Waals surface area contributed by atoms with Crippen molar-refractivity contribution in [2.45, 2.75) is 58.3 Å². The van der Waals surface area contributed by atoms with Crippen LogP contribution in [0, 0.1) is 34.5 Å². The smallest absolute Gasteiger partial charge is 0.326 e. The Labute approximate surface area is 210 Å². The van der Waals surface area contributed by atoms with Gasteiger partial charge in [0.05, 0.1) is 16.8 Å². The van der Waals surface area contributed by atoms with E-state index in [1.807, 2.05) is 19.1 Å². The lowest BCUT2D eigenvalue weighted by Crippen LogP contribution is -2.52. The SMILES string of the molecule is CC12C=CC(=O)NC1=CCC1C2CCC2(C)C(C(=O)Nc3cc(C(F)(F)F)ccc3C(F)(F)F)CCC12. The number of hydrogen-bond acceptors (Lipinski definition) is 2. The van der Waals surface area contributed by atoms with Gasteiger partial charge in [-0.25, -0.2) is 0 Å². The molecule has 0 aromatic heterocycles. The number of hydrogen-bond donors (Lipinski definition) is 2. The number of allylic oxidation sites excluding steroid dienone is 2. The van der Waals surface area contributed by atoms with Crippen LogP contribution >= 0.6 is 0 Å². The maximum Gasteiger partial charge on any atom is 0.418 e. The molecular weight excluding hydrogens is 498 g/mol. The van der Waals surface area contributed by atoms with Gasteiger partial charge in [-0.3, -0.25) is 9.59 Å². The fourth-order valence-corrected chi connectivity index (χ4v) is 7.58. The lowest BCUT2D eigenvalue weighted by molar-refractivity contribution is -0.141. The highest BCUT2D eigenvalue weighted by Gasteiger charge is 2.59. The highest BCUT2D eigenvalue weighted by atomic mass is 19.4. The Morgan fingerprint density at radius 3 is 2.43 bits per heavy atom. The van der Waals surface area contributed by atoms with E-state index in [2.05, 4.69) is 17.6 Å². The molecule has 10 heteroatoms. The van der Waals surface area contributed by atoms with Gasteiger partial charge < -0.3 is 10.6 Å². The summed E-state index contributed by atoms with van der Waals surface area (Å²) in [6, 6.07) is 1.11. The number of carbonyl (C=O) groups excluding carboxylic acids is 2. The van der Waals surface area contributed by atoms with Crippen molar-refractivity contribution in [2.24, 2.45) is 34.5 Å². The van der Waals surface area contributed by atoms with Crippen LogP contribution in [0.25, 0.3) is 0 Å². The van der Waals surface area contributed by atoms with Gasteiger partial charge in [-0.2, -0.15) is 26.3 Å². The molecule has 6 atom stereocenters. The summed E-state index contributed by atoms with van der Waals surface area (Å²) in [6.45, 7) is 4.09. The van der Waals surface area contributed by atoms with E-state index in [9.17, 15) is 35.9 Å². The number of rotatable bonds is 2. The summed E-state index contributed by atoms with van der Waals surface area (Å²) >= 11 is 0. The summed E-state index contributed by atoms with van der Waals surface area (Å²) in [5, 5.41) is 5.18. The number of nitrogens with one attached hydrogen (secondary N) is 2. The predicted octanol–water partition coefficient (Wildman–Crippen LogP) is 6.70. The molecule has 4 nitrogen and oxygen atoms in total. The van der Waals surface area contributed by atoms with Crippen molar-refractivity contribution in [3.8, 4) is 0 Å². The minimum Gasteiger partial charge on any atom is -0.326 e. The summed E-state index contributed by atoms with van der Waals surface area (Å²) in [5.74, 6) is -0.849. The van der Waals surface area contributed by atoms with Crippen LogP contribution in [0.4, 0.5) is 32.0 Å². The molecule has 5 rings (SSSR count). The molecule has 1 aromatic rings. The van der Waals surface area contributed by atoms with Gasteiger partial charge in [-0.15, -0.1) is 0 Å². The molecule has 1 aromatic carbocycles. The summed E-state index contributed by atoms with van der Waals surface area (Å²) < 4.78 is 80.3. The van der Waals surface area contributed by atoms with E-state index in [-0.39, 0.29) is 29.1 Å². The van der Waals surface area contributed by atoms with Crippen LogP contribution in [0.2, 0.25) is 0 Å². The van der Waals surface area contributed by atoms with E-state index in [1.54, 1.807) is 6.08 Å². The highest BCUT2D eigenvalue weighted by Crippen LogP contribution is 2.64. The number of benzene rings is 1. The minimum atomic E-state index is -4.92. The quantitative estimate of drug-likeness (QED) is 0.422. The first kappa shape index (κ1) is 25.9. The summed E-state index contributed by atoms with van der Waals surface area (Å²) in [6.07, 6.45) is -0.905. The third kappa shape index (κ3) is 4.16. The van der Waals surface area contributed by atoms with Gasteiger partial charge in [-0.1, -0.05) is 26.0 Å². The molecule has 0 bridgehead atoms. The molecule has 2 N–H and O–H groups in total. The summed E-state index contributed by atoms with van der Waals surface area (Å²) in [4.78, 5) is 25.2. The maximum absolute atomic E-state index is 13.6. The minimum absolute atomic E-state index is 0.131. The van der Waals surface area contributed by atoms with Crippen molar-refractivity contribution in [2.75, 3.05) is 5.32 Å². The third-order valence-electron chi connectivity index (χ3n) is 9.45. The zero-order valence-electron chi connectivity index (χ0n) is 20.4. The topological polar surface area (TPSA) is 58.2 Å². The summed E-state index contributed by atoms with van der Waals surface area (Å²) in [7, 11) is 0. The second-order valence-electron chi connectivity index (χ2n) is 11.3. The van der Waals surface area contributed by atoms with Crippen LogP contribution in [0.3, 0.4) is 0 Å². The van der Waals surface area contributed by atoms with E-state index >= 15 is 0 Å². The Hall–Kier alpha value is -2.78. The molecule has 3 aliphatic carbocycles. The van der Waals surface area contributed by atoms with Crippen molar-refractivity contribution >= 4 is 17.5 Å². The average Bonchev–Trinajstić information content (AvgIpc) is 3.15. The van der Waals surface area contributed by atoms with Crippen molar-refractivity contribution in [3.05, 3.63) is 53.3 Å². The van der Waals surface area contributed by atoms with E-state index in [4.69, 9.17) is 0 Å². The molecule has 2 fully saturated rings. The van der Waals surface area contributed by atoms with Crippen LogP contribution in [0.5, 0.6) is 0 Å². The van der Waals surface area contributed by atoms with Gasteiger partial charge in [0.2, 0.25) is 11.8 Å². The monoisotopic (exact) mass is 526 g/mol. The van der Waals surface area contributed by atoms with Gasteiger partial charge >= 0.3 is 12.4 Å². The van der Waals surface area contributed by atoms with Gasteiger partial charge in [0, 0.05) is 23.1 Å². The average molecular weight is 527 g/mol.